The lowest BCUT2D eigenvalue weighted by atomic mass is 10.1. The number of hydrogen-bond acceptors (Lipinski definition) is 6. The molecule has 2 amide bonds. The van der Waals surface area contributed by atoms with Crippen LogP contribution in [0.25, 0.3) is 0 Å². The van der Waals surface area contributed by atoms with Gasteiger partial charge in [-0.1, -0.05) is 12.1 Å². The topological polar surface area (TPSA) is 111 Å². The number of nitrogens with one attached hydrogen (secondary N) is 2. The molecule has 164 valence electrons. The lowest BCUT2D eigenvalue weighted by Gasteiger charge is -2.19. The fraction of sp³-hybridized carbons (Fsp3) is 0.130. The zero-order chi connectivity index (χ0) is 22.7. The molecule has 9 heteroatoms. The highest BCUT2D eigenvalue weighted by Gasteiger charge is 2.17. The molecule has 1 heterocycles. The average Bonchev–Trinajstić information content (AvgIpc) is 2.79. The minimum Gasteiger partial charge on any atom is -0.486 e. The van der Waals surface area contributed by atoms with Crippen LogP contribution in [0.2, 0.25) is 0 Å². The number of fused-ring (bicyclic) bond motifs is 1. The van der Waals surface area contributed by atoms with Crippen molar-refractivity contribution < 1.29 is 27.5 Å². The number of benzene rings is 3. The first kappa shape index (κ1) is 21.4. The Bertz CT molecular complexity index is 1290. The number of carbonyl (C=O) groups excluding carboxylic acids is 2. The van der Waals surface area contributed by atoms with E-state index in [0.717, 1.165) is 6.26 Å². The molecule has 0 bridgehead atoms. The number of anilines is 2. The van der Waals surface area contributed by atoms with E-state index >= 15 is 0 Å². The van der Waals surface area contributed by atoms with Gasteiger partial charge in [-0.3, -0.25) is 9.59 Å². The van der Waals surface area contributed by atoms with E-state index in [1.165, 1.54) is 24.3 Å². The van der Waals surface area contributed by atoms with Crippen LogP contribution in [0.1, 0.15) is 20.7 Å². The number of amides is 2. The second kappa shape index (κ2) is 8.72. The lowest BCUT2D eigenvalue weighted by molar-refractivity contribution is 0.102. The second-order valence-corrected chi connectivity index (χ2v) is 9.12. The summed E-state index contributed by atoms with van der Waals surface area (Å²) in [5.74, 6) is 0.284. The van der Waals surface area contributed by atoms with Gasteiger partial charge in [0.1, 0.15) is 13.2 Å². The van der Waals surface area contributed by atoms with Gasteiger partial charge in [0, 0.05) is 23.6 Å². The van der Waals surface area contributed by atoms with E-state index in [2.05, 4.69) is 10.6 Å². The third kappa shape index (κ3) is 4.73. The van der Waals surface area contributed by atoms with E-state index in [0.29, 0.717) is 36.1 Å². The number of hydrogen-bond donors (Lipinski definition) is 2. The van der Waals surface area contributed by atoms with E-state index < -0.39 is 21.7 Å². The molecule has 3 aromatic carbocycles. The number of sulfone groups is 1. The molecule has 8 nitrogen and oxygen atoms in total. The smallest absolute Gasteiger partial charge is 0.257 e. The number of rotatable bonds is 5. The van der Waals surface area contributed by atoms with Crippen molar-refractivity contribution in [2.45, 2.75) is 4.90 Å². The Labute approximate surface area is 185 Å². The van der Waals surface area contributed by atoms with Gasteiger partial charge >= 0.3 is 0 Å². The van der Waals surface area contributed by atoms with E-state index in [1.54, 1.807) is 42.5 Å². The fourth-order valence-corrected chi connectivity index (χ4v) is 3.79. The summed E-state index contributed by atoms with van der Waals surface area (Å²) in [7, 11) is -3.36. The average molecular weight is 452 g/mol. The lowest BCUT2D eigenvalue weighted by Crippen LogP contribution is -2.19. The third-order valence-electron chi connectivity index (χ3n) is 4.76. The summed E-state index contributed by atoms with van der Waals surface area (Å²) in [5, 5.41) is 5.50. The molecule has 1 aliphatic rings. The van der Waals surface area contributed by atoms with Crippen LogP contribution < -0.4 is 20.1 Å². The van der Waals surface area contributed by atoms with Gasteiger partial charge in [-0.15, -0.1) is 0 Å². The van der Waals surface area contributed by atoms with E-state index in [1.807, 2.05) is 0 Å². The Kier molecular flexibility index (Phi) is 5.83. The minimum atomic E-state index is -3.36. The van der Waals surface area contributed by atoms with Gasteiger partial charge in [-0.2, -0.15) is 0 Å². The van der Waals surface area contributed by atoms with Crippen molar-refractivity contribution in [2.75, 3.05) is 30.1 Å². The van der Waals surface area contributed by atoms with E-state index in [4.69, 9.17) is 9.47 Å². The molecular formula is C23H20N2O6S. The first-order valence-corrected chi connectivity index (χ1v) is 11.6. The molecule has 2 N–H and O–H groups in total. The summed E-state index contributed by atoms with van der Waals surface area (Å²) in [4.78, 5) is 25.6. The molecule has 32 heavy (non-hydrogen) atoms. The third-order valence-corrected chi connectivity index (χ3v) is 5.89. The second-order valence-electron chi connectivity index (χ2n) is 7.11. The Morgan fingerprint density at radius 1 is 0.812 bits per heavy atom. The Morgan fingerprint density at radius 2 is 1.50 bits per heavy atom. The molecule has 0 aliphatic carbocycles. The van der Waals surface area contributed by atoms with Gasteiger partial charge in [0.05, 0.1) is 16.1 Å². The van der Waals surface area contributed by atoms with Crippen molar-refractivity contribution >= 4 is 33.0 Å². The molecule has 0 atom stereocenters. The van der Waals surface area contributed by atoms with Crippen molar-refractivity contribution in [3.63, 3.8) is 0 Å². The maximum absolute atomic E-state index is 12.9. The van der Waals surface area contributed by atoms with Gasteiger partial charge in [0.2, 0.25) is 0 Å². The van der Waals surface area contributed by atoms with Crippen molar-refractivity contribution in [1.82, 2.24) is 0 Å². The van der Waals surface area contributed by atoms with Crippen LogP contribution in [0.5, 0.6) is 11.5 Å². The highest BCUT2D eigenvalue weighted by atomic mass is 32.2. The van der Waals surface area contributed by atoms with Gasteiger partial charge in [0.15, 0.2) is 21.3 Å². The molecule has 0 aromatic heterocycles. The number of para-hydroxylation sites is 1. The minimum absolute atomic E-state index is 0.119. The summed E-state index contributed by atoms with van der Waals surface area (Å²) in [6, 6.07) is 17.3. The molecule has 0 saturated heterocycles. The van der Waals surface area contributed by atoms with Crippen LogP contribution in [0.4, 0.5) is 11.4 Å². The standard InChI is InChI=1S/C23H20N2O6S/c1-32(28,29)17-9-6-15(7-10-17)22(26)25-19-5-3-2-4-18(19)23(27)24-16-8-11-20-21(14-16)31-13-12-30-20/h2-11,14H,12-13H2,1H3,(H,24,27)(H,25,26). The molecule has 0 spiro atoms. The highest BCUT2D eigenvalue weighted by Crippen LogP contribution is 2.33. The zero-order valence-corrected chi connectivity index (χ0v) is 17.9. The van der Waals surface area contributed by atoms with Crippen LogP contribution in [-0.2, 0) is 9.84 Å². The summed E-state index contributed by atoms with van der Waals surface area (Å²) < 4.78 is 34.2. The summed E-state index contributed by atoms with van der Waals surface area (Å²) in [6.45, 7) is 0.910. The van der Waals surface area contributed by atoms with Crippen molar-refractivity contribution in [1.29, 1.82) is 0 Å². The molecule has 3 aromatic rings. The van der Waals surface area contributed by atoms with Crippen LogP contribution in [0, 0.1) is 0 Å². The van der Waals surface area contributed by atoms with Gasteiger partial charge < -0.3 is 20.1 Å². The fourth-order valence-electron chi connectivity index (χ4n) is 3.16. The largest absolute Gasteiger partial charge is 0.486 e. The molecule has 0 saturated carbocycles. The SMILES string of the molecule is CS(=O)(=O)c1ccc(C(=O)Nc2ccccc2C(=O)Nc2ccc3c(c2)OCCO3)cc1. The molecule has 4 rings (SSSR count). The Morgan fingerprint density at radius 3 is 2.22 bits per heavy atom. The molecule has 0 fully saturated rings. The van der Waals surface area contributed by atoms with Crippen LogP contribution in [-0.4, -0.2) is 39.7 Å². The summed E-state index contributed by atoms with van der Waals surface area (Å²) >= 11 is 0. The number of ether oxygens (including phenoxy) is 2. The van der Waals surface area contributed by atoms with E-state index in [9.17, 15) is 18.0 Å². The Balaban J connectivity index is 1.51. The first-order valence-electron chi connectivity index (χ1n) is 9.73. The summed E-state index contributed by atoms with van der Waals surface area (Å²) in [6.07, 6.45) is 1.10. The number of carbonyl (C=O) groups is 2. The van der Waals surface area contributed by atoms with Crippen LogP contribution in [0.3, 0.4) is 0 Å². The molecule has 1 aliphatic heterocycles. The van der Waals surface area contributed by atoms with Crippen molar-refractivity contribution in [2.24, 2.45) is 0 Å². The zero-order valence-electron chi connectivity index (χ0n) is 17.1. The first-order chi connectivity index (χ1) is 15.3. The summed E-state index contributed by atoms with van der Waals surface area (Å²) in [5.41, 5.74) is 1.37. The maximum Gasteiger partial charge on any atom is 0.257 e. The highest BCUT2D eigenvalue weighted by molar-refractivity contribution is 7.90. The monoisotopic (exact) mass is 452 g/mol. The van der Waals surface area contributed by atoms with Gasteiger partial charge in [0.25, 0.3) is 11.8 Å². The quantitative estimate of drug-likeness (QED) is 0.614. The van der Waals surface area contributed by atoms with Crippen LogP contribution >= 0.6 is 0 Å². The normalized spacial score (nSPS) is 12.7. The maximum atomic E-state index is 12.9. The van der Waals surface area contributed by atoms with Crippen molar-refractivity contribution in [3.8, 4) is 11.5 Å². The van der Waals surface area contributed by atoms with Gasteiger partial charge in [-0.05, 0) is 48.5 Å². The molecule has 0 radical (unpaired) electrons. The van der Waals surface area contributed by atoms with E-state index in [-0.39, 0.29) is 16.0 Å². The molecule has 0 unspecified atom stereocenters. The van der Waals surface area contributed by atoms with Crippen molar-refractivity contribution in [3.05, 3.63) is 77.9 Å². The predicted molar refractivity (Wildman–Crippen MR) is 119 cm³/mol. The Hall–Kier alpha value is -3.85. The molecular weight excluding hydrogens is 432 g/mol. The van der Waals surface area contributed by atoms with Crippen LogP contribution in [0.15, 0.2) is 71.6 Å². The predicted octanol–water partition coefficient (Wildman–Crippen LogP) is 3.37. The van der Waals surface area contributed by atoms with Gasteiger partial charge in [-0.25, -0.2) is 8.42 Å².